The summed E-state index contributed by atoms with van der Waals surface area (Å²) >= 11 is 6.08. The van der Waals surface area contributed by atoms with Crippen LogP contribution >= 0.6 is 11.6 Å². The molecule has 1 aromatic rings. The molecule has 0 bridgehead atoms. The van der Waals surface area contributed by atoms with E-state index in [1.54, 1.807) is 18.2 Å². The van der Waals surface area contributed by atoms with Gasteiger partial charge in [-0.15, -0.1) is 0 Å². The third-order valence-corrected chi connectivity index (χ3v) is 2.83. The van der Waals surface area contributed by atoms with Crippen LogP contribution < -0.4 is 15.8 Å². The number of anilines is 1. The first-order valence-corrected chi connectivity index (χ1v) is 6.97. The Bertz CT molecular complexity index is 410. The van der Waals surface area contributed by atoms with Crippen molar-refractivity contribution in [3.63, 3.8) is 0 Å². The quantitative estimate of drug-likeness (QED) is 0.721. The molecule has 0 saturated heterocycles. The fourth-order valence-electron chi connectivity index (χ4n) is 1.56. The van der Waals surface area contributed by atoms with E-state index in [0.29, 0.717) is 36.0 Å². The van der Waals surface area contributed by atoms with Gasteiger partial charge in [-0.25, -0.2) is 0 Å². The predicted octanol–water partition coefficient (Wildman–Crippen LogP) is 3.20. The van der Waals surface area contributed by atoms with Gasteiger partial charge in [-0.1, -0.05) is 18.5 Å². The summed E-state index contributed by atoms with van der Waals surface area (Å²) in [5.74, 6) is 0.622. The lowest BCUT2D eigenvalue weighted by Gasteiger charge is -2.09. The Balaban J connectivity index is 2.50. The highest BCUT2D eigenvalue weighted by Gasteiger charge is 2.06. The normalized spacial score (nSPS) is 10.3. The molecule has 5 heteroatoms. The Hall–Kier alpha value is -1.26. The van der Waals surface area contributed by atoms with Crippen LogP contribution in [0.2, 0.25) is 5.02 Å². The number of ether oxygens (including phenoxy) is 1. The zero-order valence-electron chi connectivity index (χ0n) is 11.2. The summed E-state index contributed by atoms with van der Waals surface area (Å²) in [6, 6.07) is 5.26. The highest BCUT2D eigenvalue weighted by atomic mass is 35.5. The van der Waals surface area contributed by atoms with E-state index in [-0.39, 0.29) is 5.91 Å². The van der Waals surface area contributed by atoms with Gasteiger partial charge in [0.2, 0.25) is 5.91 Å². The maximum absolute atomic E-state index is 11.6. The summed E-state index contributed by atoms with van der Waals surface area (Å²) in [4.78, 5) is 11.6. The average Bonchev–Trinajstić information content (AvgIpc) is 2.38. The van der Waals surface area contributed by atoms with Gasteiger partial charge in [0, 0.05) is 12.1 Å². The van der Waals surface area contributed by atoms with Crippen LogP contribution in [0.15, 0.2) is 18.2 Å². The van der Waals surface area contributed by atoms with Crippen LogP contribution in [-0.4, -0.2) is 19.1 Å². The van der Waals surface area contributed by atoms with Crippen molar-refractivity contribution in [3.05, 3.63) is 23.2 Å². The van der Waals surface area contributed by atoms with E-state index in [9.17, 15) is 4.79 Å². The number of hydrogen-bond donors (Lipinski definition) is 2. The molecule has 1 amide bonds. The van der Waals surface area contributed by atoms with Crippen molar-refractivity contribution in [2.45, 2.75) is 32.6 Å². The maximum atomic E-state index is 11.6. The smallest absolute Gasteiger partial charge is 0.224 e. The molecule has 0 atom stereocenters. The van der Waals surface area contributed by atoms with E-state index >= 15 is 0 Å². The minimum atomic E-state index is -0.0215. The standard InChI is InChI=1S/C14H21ClN2O2/c1-2-9-19-13-7-6-11(10-12(13)15)17-14(18)5-3-4-8-16/h6-7,10H,2-5,8-9,16H2,1H3,(H,17,18). The Morgan fingerprint density at radius 1 is 1.42 bits per heavy atom. The number of hydrogen-bond acceptors (Lipinski definition) is 3. The second-order valence-electron chi connectivity index (χ2n) is 4.29. The molecule has 0 radical (unpaired) electrons. The molecule has 0 aliphatic heterocycles. The van der Waals surface area contributed by atoms with E-state index in [1.807, 2.05) is 6.92 Å². The molecule has 0 spiro atoms. The summed E-state index contributed by atoms with van der Waals surface area (Å²) in [5, 5.41) is 3.31. The minimum absolute atomic E-state index is 0.0215. The Morgan fingerprint density at radius 3 is 2.84 bits per heavy atom. The third-order valence-electron chi connectivity index (χ3n) is 2.54. The molecule has 4 nitrogen and oxygen atoms in total. The van der Waals surface area contributed by atoms with E-state index in [0.717, 1.165) is 19.3 Å². The molecule has 0 unspecified atom stereocenters. The number of nitrogens with two attached hydrogens (primary N) is 1. The summed E-state index contributed by atoms with van der Waals surface area (Å²) < 4.78 is 5.47. The van der Waals surface area contributed by atoms with Gasteiger partial charge in [-0.2, -0.15) is 0 Å². The number of rotatable bonds is 8. The third kappa shape index (κ3) is 5.94. The Kier molecular flexibility index (Phi) is 7.30. The van der Waals surface area contributed by atoms with Gasteiger partial charge in [0.25, 0.3) is 0 Å². The second kappa shape index (κ2) is 8.77. The fraction of sp³-hybridized carbons (Fsp3) is 0.500. The molecule has 0 heterocycles. The highest BCUT2D eigenvalue weighted by molar-refractivity contribution is 6.32. The minimum Gasteiger partial charge on any atom is -0.492 e. The molecule has 0 aliphatic rings. The number of benzene rings is 1. The average molecular weight is 285 g/mol. The summed E-state index contributed by atoms with van der Waals surface area (Å²) in [5.41, 5.74) is 6.07. The number of unbranched alkanes of at least 4 members (excludes halogenated alkanes) is 1. The SMILES string of the molecule is CCCOc1ccc(NC(=O)CCCCN)cc1Cl. The topological polar surface area (TPSA) is 64.3 Å². The molecule has 0 saturated carbocycles. The van der Waals surface area contributed by atoms with Crippen molar-refractivity contribution in [2.75, 3.05) is 18.5 Å². The van der Waals surface area contributed by atoms with Gasteiger partial charge in [0.05, 0.1) is 11.6 Å². The van der Waals surface area contributed by atoms with Gasteiger partial charge >= 0.3 is 0 Å². The molecule has 106 valence electrons. The van der Waals surface area contributed by atoms with Crippen LogP contribution in [0, 0.1) is 0 Å². The van der Waals surface area contributed by atoms with Crippen molar-refractivity contribution in [3.8, 4) is 5.75 Å². The molecule has 1 rings (SSSR count). The van der Waals surface area contributed by atoms with Crippen molar-refractivity contribution in [1.29, 1.82) is 0 Å². The molecular formula is C14H21ClN2O2. The van der Waals surface area contributed by atoms with E-state index < -0.39 is 0 Å². The van der Waals surface area contributed by atoms with E-state index in [4.69, 9.17) is 22.1 Å². The zero-order valence-corrected chi connectivity index (χ0v) is 12.0. The first-order chi connectivity index (χ1) is 9.17. The van der Waals surface area contributed by atoms with Crippen LogP contribution in [0.3, 0.4) is 0 Å². The summed E-state index contributed by atoms with van der Waals surface area (Å²) in [7, 11) is 0. The van der Waals surface area contributed by atoms with Crippen molar-refractivity contribution >= 4 is 23.2 Å². The van der Waals surface area contributed by atoms with Crippen LogP contribution in [0.4, 0.5) is 5.69 Å². The predicted molar refractivity (Wildman–Crippen MR) is 78.8 cm³/mol. The Labute approximate surface area is 119 Å². The van der Waals surface area contributed by atoms with Gasteiger partial charge in [-0.05, 0) is 44.0 Å². The van der Waals surface area contributed by atoms with Gasteiger partial charge in [0.1, 0.15) is 5.75 Å². The Morgan fingerprint density at radius 2 is 2.21 bits per heavy atom. The van der Waals surface area contributed by atoms with E-state index in [1.165, 1.54) is 0 Å². The number of carbonyl (C=O) groups excluding carboxylic acids is 1. The lowest BCUT2D eigenvalue weighted by molar-refractivity contribution is -0.116. The zero-order chi connectivity index (χ0) is 14.1. The van der Waals surface area contributed by atoms with E-state index in [2.05, 4.69) is 5.32 Å². The molecule has 0 fully saturated rings. The lowest BCUT2D eigenvalue weighted by atomic mass is 10.2. The van der Waals surface area contributed by atoms with Gasteiger partial charge < -0.3 is 15.8 Å². The number of halogens is 1. The first-order valence-electron chi connectivity index (χ1n) is 6.59. The molecule has 19 heavy (non-hydrogen) atoms. The fourth-order valence-corrected chi connectivity index (χ4v) is 1.80. The molecular weight excluding hydrogens is 264 g/mol. The van der Waals surface area contributed by atoms with Crippen LogP contribution in [-0.2, 0) is 4.79 Å². The van der Waals surface area contributed by atoms with Gasteiger partial charge in [-0.3, -0.25) is 4.79 Å². The van der Waals surface area contributed by atoms with Crippen LogP contribution in [0.25, 0.3) is 0 Å². The molecule has 1 aromatic carbocycles. The maximum Gasteiger partial charge on any atom is 0.224 e. The summed E-state index contributed by atoms with van der Waals surface area (Å²) in [6.45, 7) is 3.27. The highest BCUT2D eigenvalue weighted by Crippen LogP contribution is 2.27. The van der Waals surface area contributed by atoms with Crippen LogP contribution in [0.5, 0.6) is 5.75 Å². The van der Waals surface area contributed by atoms with Crippen molar-refractivity contribution in [1.82, 2.24) is 0 Å². The second-order valence-corrected chi connectivity index (χ2v) is 4.69. The van der Waals surface area contributed by atoms with Crippen molar-refractivity contribution in [2.24, 2.45) is 5.73 Å². The molecule has 0 aliphatic carbocycles. The molecule has 0 aromatic heterocycles. The summed E-state index contributed by atoms with van der Waals surface area (Å²) in [6.07, 6.45) is 3.06. The monoisotopic (exact) mass is 284 g/mol. The molecule has 3 N–H and O–H groups in total. The number of nitrogens with one attached hydrogen (secondary N) is 1. The van der Waals surface area contributed by atoms with Gasteiger partial charge in [0.15, 0.2) is 0 Å². The number of carbonyl (C=O) groups is 1. The number of amides is 1. The largest absolute Gasteiger partial charge is 0.492 e. The van der Waals surface area contributed by atoms with Crippen LogP contribution in [0.1, 0.15) is 32.6 Å². The first kappa shape index (κ1) is 15.8. The van der Waals surface area contributed by atoms with Crippen molar-refractivity contribution < 1.29 is 9.53 Å². The lowest BCUT2D eigenvalue weighted by Crippen LogP contribution is -2.12.